The fourth-order valence-electron chi connectivity index (χ4n) is 2.23. The van der Waals surface area contributed by atoms with Crippen LogP contribution in [-0.4, -0.2) is 43.2 Å². The van der Waals surface area contributed by atoms with E-state index < -0.39 is 5.97 Å². The standard InChI is InChI=1S/C16H20N4O3/c21-15(8-10-20-13-17-12-18-20)19(9-4-7-16(22)23)11-14-5-2-1-3-6-14/h1-3,5-6,12-13H,4,7-11H2,(H,22,23). The largest absolute Gasteiger partial charge is 0.481 e. The maximum absolute atomic E-state index is 12.4. The molecule has 122 valence electrons. The number of aromatic nitrogens is 3. The number of hydrogen-bond donors (Lipinski definition) is 1. The van der Waals surface area contributed by atoms with Gasteiger partial charge in [-0.3, -0.25) is 14.3 Å². The highest BCUT2D eigenvalue weighted by Gasteiger charge is 2.14. The summed E-state index contributed by atoms with van der Waals surface area (Å²) in [7, 11) is 0. The van der Waals surface area contributed by atoms with Gasteiger partial charge in [-0.1, -0.05) is 30.3 Å². The zero-order valence-electron chi connectivity index (χ0n) is 12.8. The number of carboxylic acids is 1. The Morgan fingerprint density at radius 2 is 1.96 bits per heavy atom. The number of carboxylic acid groups (broad SMARTS) is 1. The van der Waals surface area contributed by atoms with Gasteiger partial charge in [0.1, 0.15) is 12.7 Å². The van der Waals surface area contributed by atoms with Crippen molar-refractivity contribution in [2.45, 2.75) is 32.4 Å². The molecule has 0 fully saturated rings. The number of aryl methyl sites for hydroxylation is 1. The average Bonchev–Trinajstić information content (AvgIpc) is 3.06. The number of carbonyl (C=O) groups excluding carboxylic acids is 1. The first-order chi connectivity index (χ1) is 11.1. The van der Waals surface area contributed by atoms with Gasteiger partial charge in [0.05, 0.1) is 6.54 Å². The summed E-state index contributed by atoms with van der Waals surface area (Å²) < 4.78 is 1.61. The van der Waals surface area contributed by atoms with Crippen molar-refractivity contribution in [3.63, 3.8) is 0 Å². The second-order valence-corrected chi connectivity index (χ2v) is 5.21. The van der Waals surface area contributed by atoms with Gasteiger partial charge in [-0.05, 0) is 12.0 Å². The lowest BCUT2D eigenvalue weighted by Gasteiger charge is -2.22. The minimum Gasteiger partial charge on any atom is -0.481 e. The average molecular weight is 316 g/mol. The molecule has 1 aromatic carbocycles. The van der Waals surface area contributed by atoms with Crippen LogP contribution >= 0.6 is 0 Å². The lowest BCUT2D eigenvalue weighted by molar-refractivity contribution is -0.138. The van der Waals surface area contributed by atoms with E-state index in [1.807, 2.05) is 30.3 Å². The topological polar surface area (TPSA) is 88.3 Å². The number of nitrogens with zero attached hydrogens (tertiary/aromatic N) is 4. The minimum absolute atomic E-state index is 0.0188. The van der Waals surface area contributed by atoms with Crippen molar-refractivity contribution >= 4 is 11.9 Å². The number of amides is 1. The molecule has 0 atom stereocenters. The lowest BCUT2D eigenvalue weighted by Crippen LogP contribution is -2.32. The van der Waals surface area contributed by atoms with Gasteiger partial charge in [0.25, 0.3) is 0 Å². The molecule has 0 aliphatic heterocycles. The molecule has 0 bridgehead atoms. The molecule has 1 heterocycles. The van der Waals surface area contributed by atoms with Crippen LogP contribution in [0, 0.1) is 0 Å². The summed E-state index contributed by atoms with van der Waals surface area (Å²) in [4.78, 5) is 28.7. The van der Waals surface area contributed by atoms with Gasteiger partial charge < -0.3 is 10.0 Å². The predicted octanol–water partition coefficient (Wildman–Crippen LogP) is 1.56. The molecule has 2 aromatic rings. The van der Waals surface area contributed by atoms with E-state index in [0.717, 1.165) is 5.56 Å². The van der Waals surface area contributed by atoms with E-state index in [4.69, 9.17) is 5.11 Å². The number of rotatable bonds is 9. The smallest absolute Gasteiger partial charge is 0.303 e. The van der Waals surface area contributed by atoms with E-state index in [0.29, 0.717) is 32.5 Å². The summed E-state index contributed by atoms with van der Waals surface area (Å²) in [5.41, 5.74) is 1.02. The molecule has 1 N–H and O–H groups in total. The van der Waals surface area contributed by atoms with E-state index in [1.165, 1.54) is 6.33 Å². The molecule has 0 aliphatic carbocycles. The van der Waals surface area contributed by atoms with Gasteiger partial charge in [-0.25, -0.2) is 4.98 Å². The lowest BCUT2D eigenvalue weighted by atomic mass is 10.2. The van der Waals surface area contributed by atoms with Crippen molar-refractivity contribution in [2.24, 2.45) is 0 Å². The minimum atomic E-state index is -0.847. The Kier molecular flexibility index (Phi) is 6.28. The van der Waals surface area contributed by atoms with Crippen LogP contribution in [0.25, 0.3) is 0 Å². The SMILES string of the molecule is O=C(O)CCCN(Cc1ccccc1)C(=O)CCn1cncn1. The van der Waals surface area contributed by atoms with Crippen LogP contribution in [0.3, 0.4) is 0 Å². The zero-order chi connectivity index (χ0) is 16.5. The Morgan fingerprint density at radius 1 is 1.17 bits per heavy atom. The Morgan fingerprint density at radius 3 is 2.61 bits per heavy atom. The monoisotopic (exact) mass is 316 g/mol. The first-order valence-corrected chi connectivity index (χ1v) is 7.51. The molecule has 0 spiro atoms. The van der Waals surface area contributed by atoms with Crippen molar-refractivity contribution < 1.29 is 14.7 Å². The van der Waals surface area contributed by atoms with Crippen LogP contribution in [0.1, 0.15) is 24.8 Å². The highest BCUT2D eigenvalue weighted by Crippen LogP contribution is 2.08. The summed E-state index contributed by atoms with van der Waals surface area (Å²) >= 11 is 0. The van der Waals surface area contributed by atoms with Crippen LogP contribution < -0.4 is 0 Å². The Labute approximate surface area is 134 Å². The predicted molar refractivity (Wildman–Crippen MR) is 83.4 cm³/mol. The zero-order valence-corrected chi connectivity index (χ0v) is 12.8. The van der Waals surface area contributed by atoms with Gasteiger partial charge in [0.2, 0.25) is 5.91 Å². The van der Waals surface area contributed by atoms with Gasteiger partial charge >= 0.3 is 5.97 Å². The fourth-order valence-corrected chi connectivity index (χ4v) is 2.23. The third-order valence-electron chi connectivity index (χ3n) is 3.41. The maximum atomic E-state index is 12.4. The Bertz CT molecular complexity index is 614. The van der Waals surface area contributed by atoms with Gasteiger partial charge in [-0.15, -0.1) is 0 Å². The summed E-state index contributed by atoms with van der Waals surface area (Å²) in [5.74, 6) is -0.866. The van der Waals surface area contributed by atoms with Crippen LogP contribution in [0.5, 0.6) is 0 Å². The first kappa shape index (κ1) is 16.7. The second-order valence-electron chi connectivity index (χ2n) is 5.21. The molecule has 7 heteroatoms. The van der Waals surface area contributed by atoms with E-state index in [2.05, 4.69) is 10.1 Å². The summed E-state index contributed by atoms with van der Waals surface area (Å²) in [6.07, 6.45) is 3.81. The second kappa shape index (κ2) is 8.67. The number of carbonyl (C=O) groups is 2. The first-order valence-electron chi connectivity index (χ1n) is 7.51. The number of hydrogen-bond acceptors (Lipinski definition) is 4. The Balaban J connectivity index is 1.93. The molecule has 0 saturated carbocycles. The van der Waals surface area contributed by atoms with Gasteiger partial charge in [0.15, 0.2) is 0 Å². The third kappa shape index (κ3) is 5.90. The van der Waals surface area contributed by atoms with Crippen molar-refractivity contribution in [1.82, 2.24) is 19.7 Å². The molecule has 0 radical (unpaired) electrons. The highest BCUT2D eigenvalue weighted by molar-refractivity contribution is 5.76. The van der Waals surface area contributed by atoms with Crippen LogP contribution in [-0.2, 0) is 22.7 Å². The van der Waals surface area contributed by atoms with Crippen LogP contribution in [0.15, 0.2) is 43.0 Å². The molecule has 1 aromatic heterocycles. The highest BCUT2D eigenvalue weighted by atomic mass is 16.4. The summed E-state index contributed by atoms with van der Waals surface area (Å²) in [5, 5.41) is 12.7. The molecule has 23 heavy (non-hydrogen) atoms. The fraction of sp³-hybridized carbons (Fsp3) is 0.375. The quantitative estimate of drug-likeness (QED) is 0.758. The molecule has 0 aliphatic rings. The van der Waals surface area contributed by atoms with E-state index in [1.54, 1.807) is 15.9 Å². The van der Waals surface area contributed by atoms with Crippen molar-refractivity contribution in [3.8, 4) is 0 Å². The molecule has 7 nitrogen and oxygen atoms in total. The maximum Gasteiger partial charge on any atom is 0.303 e. The molecule has 0 saturated heterocycles. The molecule has 0 unspecified atom stereocenters. The van der Waals surface area contributed by atoms with E-state index in [-0.39, 0.29) is 12.3 Å². The molecular formula is C16H20N4O3. The number of benzene rings is 1. The molecule has 2 rings (SSSR count). The third-order valence-corrected chi connectivity index (χ3v) is 3.41. The van der Waals surface area contributed by atoms with Crippen molar-refractivity contribution in [1.29, 1.82) is 0 Å². The van der Waals surface area contributed by atoms with Crippen molar-refractivity contribution in [3.05, 3.63) is 48.5 Å². The van der Waals surface area contributed by atoms with Crippen molar-refractivity contribution in [2.75, 3.05) is 6.54 Å². The van der Waals surface area contributed by atoms with E-state index in [9.17, 15) is 9.59 Å². The van der Waals surface area contributed by atoms with Gasteiger partial charge in [-0.2, -0.15) is 5.10 Å². The molecular weight excluding hydrogens is 296 g/mol. The molecule has 1 amide bonds. The normalized spacial score (nSPS) is 10.4. The summed E-state index contributed by atoms with van der Waals surface area (Å²) in [6.45, 7) is 1.37. The Hall–Kier alpha value is -2.70. The van der Waals surface area contributed by atoms with Crippen LogP contribution in [0.2, 0.25) is 0 Å². The van der Waals surface area contributed by atoms with E-state index >= 15 is 0 Å². The number of aliphatic carboxylic acids is 1. The van der Waals surface area contributed by atoms with Gasteiger partial charge in [0, 0.05) is 25.9 Å². The van der Waals surface area contributed by atoms with Crippen LogP contribution in [0.4, 0.5) is 0 Å². The summed E-state index contributed by atoms with van der Waals surface area (Å²) in [6, 6.07) is 9.67.